The van der Waals surface area contributed by atoms with Gasteiger partial charge in [-0.05, 0) is 36.8 Å². The van der Waals surface area contributed by atoms with Crippen LogP contribution >= 0.6 is 0 Å². The van der Waals surface area contributed by atoms with Crippen molar-refractivity contribution in [3.63, 3.8) is 0 Å². The van der Waals surface area contributed by atoms with Gasteiger partial charge in [0.2, 0.25) is 5.88 Å². The normalized spacial score (nSPS) is 20.0. The minimum absolute atomic E-state index is 0.0574. The van der Waals surface area contributed by atoms with Crippen LogP contribution in [0.4, 0.5) is 13.2 Å². The highest BCUT2D eigenvalue weighted by Gasteiger charge is 2.44. The number of aliphatic carboxylic acids is 1. The molecule has 11 heteroatoms. The molecule has 2 aromatic heterocycles. The Kier molecular flexibility index (Phi) is 7.96. The lowest BCUT2D eigenvalue weighted by Crippen LogP contribution is -2.50. The summed E-state index contributed by atoms with van der Waals surface area (Å²) in [5.74, 6) is -1.72. The van der Waals surface area contributed by atoms with Gasteiger partial charge in [0.15, 0.2) is 0 Å². The minimum atomic E-state index is -5.08. The lowest BCUT2D eigenvalue weighted by Gasteiger charge is -2.48. The predicted molar refractivity (Wildman–Crippen MR) is 109 cm³/mol. The van der Waals surface area contributed by atoms with Crippen molar-refractivity contribution in [2.75, 3.05) is 32.9 Å². The quantitative estimate of drug-likeness (QED) is 0.728. The molecule has 1 N–H and O–H groups in total. The molecule has 1 amide bonds. The predicted octanol–water partition coefficient (Wildman–Crippen LogP) is 3.65. The second-order valence-corrected chi connectivity index (χ2v) is 7.97. The van der Waals surface area contributed by atoms with Crippen LogP contribution in [0.1, 0.15) is 29.6 Å². The van der Waals surface area contributed by atoms with Crippen molar-refractivity contribution < 1.29 is 41.8 Å². The van der Waals surface area contributed by atoms with Gasteiger partial charge in [0.1, 0.15) is 6.26 Å². The van der Waals surface area contributed by atoms with Gasteiger partial charge in [-0.3, -0.25) is 4.79 Å². The molecule has 33 heavy (non-hydrogen) atoms. The van der Waals surface area contributed by atoms with Crippen molar-refractivity contribution in [3.05, 3.63) is 48.6 Å². The van der Waals surface area contributed by atoms with E-state index in [0.717, 1.165) is 39.0 Å². The van der Waals surface area contributed by atoms with E-state index in [1.165, 1.54) is 6.26 Å². The molecule has 8 nitrogen and oxygen atoms in total. The molecule has 2 aliphatic heterocycles. The number of carbonyl (C=O) groups is 2. The van der Waals surface area contributed by atoms with Crippen molar-refractivity contribution in [3.8, 4) is 5.88 Å². The summed E-state index contributed by atoms with van der Waals surface area (Å²) < 4.78 is 48.4. The number of piperidine rings is 1. The summed E-state index contributed by atoms with van der Waals surface area (Å²) in [6.45, 7) is 3.64. The van der Waals surface area contributed by atoms with Crippen LogP contribution in [0.5, 0.6) is 5.88 Å². The van der Waals surface area contributed by atoms with Crippen LogP contribution in [0, 0.1) is 11.3 Å². The first kappa shape index (κ1) is 24.6. The van der Waals surface area contributed by atoms with Gasteiger partial charge in [-0.25, -0.2) is 9.78 Å². The monoisotopic (exact) mass is 470 g/mol. The maximum atomic E-state index is 12.5. The summed E-state index contributed by atoms with van der Waals surface area (Å²) in [6.07, 6.45) is 2.71. The zero-order valence-corrected chi connectivity index (χ0v) is 17.8. The van der Waals surface area contributed by atoms with Crippen LogP contribution in [-0.2, 0) is 9.53 Å². The molecular formula is C22H25F3N2O6. The number of amides is 1. The number of pyridine rings is 1. The highest BCUT2D eigenvalue weighted by molar-refractivity contribution is 5.93. The summed E-state index contributed by atoms with van der Waals surface area (Å²) in [4.78, 5) is 27.6. The fraction of sp³-hybridized carbons (Fsp3) is 0.500. The van der Waals surface area contributed by atoms with E-state index in [4.69, 9.17) is 23.8 Å². The van der Waals surface area contributed by atoms with E-state index in [2.05, 4.69) is 4.98 Å². The summed E-state index contributed by atoms with van der Waals surface area (Å²) in [5, 5.41) is 7.12. The van der Waals surface area contributed by atoms with Crippen LogP contribution in [-0.4, -0.2) is 66.0 Å². The molecule has 2 aliphatic rings. The van der Waals surface area contributed by atoms with Crippen molar-refractivity contribution in [2.45, 2.75) is 25.4 Å². The molecular weight excluding hydrogens is 445 g/mol. The van der Waals surface area contributed by atoms with Crippen LogP contribution in [0.3, 0.4) is 0 Å². The number of carboxylic acid groups (broad SMARTS) is 1. The third kappa shape index (κ3) is 6.47. The van der Waals surface area contributed by atoms with Crippen LogP contribution in [0.2, 0.25) is 0 Å². The molecule has 0 radical (unpaired) electrons. The van der Waals surface area contributed by atoms with Crippen molar-refractivity contribution in [1.82, 2.24) is 9.88 Å². The average molecular weight is 470 g/mol. The number of carbonyl (C=O) groups excluding carboxylic acids is 1. The van der Waals surface area contributed by atoms with Crippen molar-refractivity contribution in [1.29, 1.82) is 0 Å². The molecule has 0 aliphatic carbocycles. The Morgan fingerprint density at radius 1 is 1.21 bits per heavy atom. The number of hydrogen-bond donors (Lipinski definition) is 1. The molecule has 1 spiro atoms. The summed E-state index contributed by atoms with van der Waals surface area (Å²) in [6, 6.07) is 7.41. The second kappa shape index (κ2) is 10.7. The number of halogens is 3. The van der Waals surface area contributed by atoms with E-state index in [9.17, 15) is 18.0 Å². The highest BCUT2D eigenvalue weighted by atomic mass is 19.4. The fourth-order valence-electron chi connectivity index (χ4n) is 4.11. The van der Waals surface area contributed by atoms with E-state index >= 15 is 0 Å². The van der Waals surface area contributed by atoms with Crippen LogP contribution in [0.25, 0.3) is 0 Å². The number of likely N-dealkylation sites (tertiary alicyclic amines) is 1. The zero-order valence-electron chi connectivity index (χ0n) is 17.8. The standard InChI is InChI=1S/C20H24N2O4.C2HF3O2/c23-19(16-4-11-24-13-16)22-9-5-20(6-10-22)7-12-25-14-17(20)15-26-18-3-1-2-8-21-18;3-2(4,5)1(6)7/h1-4,8,11,13,17H,5-7,9-10,12,14-15H2;(H,6,7). The smallest absolute Gasteiger partial charge is 0.477 e. The number of rotatable bonds is 4. The Balaban J connectivity index is 0.000000383. The van der Waals surface area contributed by atoms with Gasteiger partial charge in [-0.15, -0.1) is 0 Å². The molecule has 0 aromatic carbocycles. The Bertz CT molecular complexity index is 897. The van der Waals surface area contributed by atoms with E-state index in [1.54, 1.807) is 18.5 Å². The van der Waals surface area contributed by atoms with Gasteiger partial charge >= 0.3 is 12.1 Å². The number of nitrogens with zero attached hydrogens (tertiary/aromatic N) is 2. The number of aromatic nitrogens is 1. The van der Waals surface area contributed by atoms with Crippen LogP contribution < -0.4 is 4.74 Å². The van der Waals surface area contributed by atoms with E-state index in [0.29, 0.717) is 30.6 Å². The van der Waals surface area contributed by atoms with Gasteiger partial charge in [0, 0.05) is 37.9 Å². The molecule has 2 saturated heterocycles. The van der Waals surface area contributed by atoms with Crippen molar-refractivity contribution in [2.24, 2.45) is 11.3 Å². The first-order chi connectivity index (χ1) is 15.7. The number of hydrogen-bond acceptors (Lipinski definition) is 6. The first-order valence-corrected chi connectivity index (χ1v) is 10.4. The van der Waals surface area contributed by atoms with E-state index in [1.807, 2.05) is 23.1 Å². The van der Waals surface area contributed by atoms with Crippen molar-refractivity contribution >= 4 is 11.9 Å². The number of furan rings is 1. The third-order valence-electron chi connectivity index (χ3n) is 6.06. The third-order valence-corrected chi connectivity index (χ3v) is 6.06. The lowest BCUT2D eigenvalue weighted by atomic mass is 9.66. The summed E-state index contributed by atoms with van der Waals surface area (Å²) in [7, 11) is 0. The molecule has 4 heterocycles. The Hall–Kier alpha value is -3.08. The second-order valence-electron chi connectivity index (χ2n) is 7.97. The molecule has 0 saturated carbocycles. The molecule has 2 fully saturated rings. The molecule has 1 unspecified atom stereocenters. The summed E-state index contributed by atoms with van der Waals surface area (Å²) >= 11 is 0. The minimum Gasteiger partial charge on any atom is -0.477 e. The largest absolute Gasteiger partial charge is 0.490 e. The number of ether oxygens (including phenoxy) is 2. The Morgan fingerprint density at radius 2 is 1.94 bits per heavy atom. The maximum Gasteiger partial charge on any atom is 0.490 e. The lowest BCUT2D eigenvalue weighted by molar-refractivity contribution is -0.192. The molecule has 1 atom stereocenters. The van der Waals surface area contributed by atoms with E-state index in [-0.39, 0.29) is 11.3 Å². The maximum absolute atomic E-state index is 12.5. The molecule has 180 valence electrons. The molecule has 4 rings (SSSR count). The topological polar surface area (TPSA) is 102 Å². The SMILES string of the molecule is O=C(O)C(F)(F)F.O=C(c1ccoc1)N1CCC2(CCOCC2COc2ccccn2)CC1. The highest BCUT2D eigenvalue weighted by Crippen LogP contribution is 2.45. The first-order valence-electron chi connectivity index (χ1n) is 10.4. The van der Waals surface area contributed by atoms with Gasteiger partial charge in [0.25, 0.3) is 5.91 Å². The average Bonchev–Trinajstić information content (AvgIpc) is 3.34. The van der Waals surface area contributed by atoms with Gasteiger partial charge < -0.3 is 23.9 Å². The number of alkyl halides is 3. The van der Waals surface area contributed by atoms with Gasteiger partial charge in [0.05, 0.1) is 25.0 Å². The Morgan fingerprint density at radius 3 is 2.52 bits per heavy atom. The zero-order chi connectivity index (χ0) is 23.9. The van der Waals surface area contributed by atoms with Crippen LogP contribution in [0.15, 0.2) is 47.4 Å². The number of carboxylic acids is 1. The Labute approximate surface area is 188 Å². The van der Waals surface area contributed by atoms with E-state index < -0.39 is 12.1 Å². The van der Waals surface area contributed by atoms with Gasteiger partial charge in [-0.1, -0.05) is 6.07 Å². The molecule has 0 bridgehead atoms. The molecule has 2 aromatic rings. The fourth-order valence-corrected chi connectivity index (χ4v) is 4.11. The summed E-state index contributed by atoms with van der Waals surface area (Å²) in [5.41, 5.74) is 0.809. The van der Waals surface area contributed by atoms with Gasteiger partial charge in [-0.2, -0.15) is 13.2 Å².